The molecule has 9 heteroatoms. The molecule has 7 nitrogen and oxygen atoms in total. The van der Waals surface area contributed by atoms with E-state index in [0.29, 0.717) is 17.5 Å². The lowest BCUT2D eigenvalue weighted by molar-refractivity contribution is -0.129. The Balaban J connectivity index is 1.50. The number of rotatable bonds is 5. The Bertz CT molecular complexity index is 707. The van der Waals surface area contributed by atoms with Gasteiger partial charge in [-0.25, -0.2) is 4.98 Å². The van der Waals surface area contributed by atoms with E-state index in [2.05, 4.69) is 15.2 Å². The second kappa shape index (κ2) is 7.62. The minimum Gasteiger partial charge on any atom is -0.388 e. The molecule has 130 valence electrons. The molecule has 1 fully saturated rings. The molecule has 1 aliphatic heterocycles. The van der Waals surface area contributed by atoms with Crippen LogP contribution in [0, 0.1) is 6.92 Å². The zero-order valence-electron chi connectivity index (χ0n) is 13.8. The van der Waals surface area contributed by atoms with Crippen LogP contribution in [0.25, 0.3) is 0 Å². The van der Waals surface area contributed by atoms with Gasteiger partial charge in [-0.05, 0) is 19.8 Å². The summed E-state index contributed by atoms with van der Waals surface area (Å²) < 4.78 is 2.81. The predicted octanol–water partition coefficient (Wildman–Crippen LogP) is 1.57. The maximum absolute atomic E-state index is 12.4. The van der Waals surface area contributed by atoms with Gasteiger partial charge < -0.3 is 14.6 Å². The number of amides is 1. The lowest BCUT2D eigenvalue weighted by atomic mass is 9.96. The highest BCUT2D eigenvalue weighted by atomic mass is 32.2. The summed E-state index contributed by atoms with van der Waals surface area (Å²) in [5.74, 6) is 2.38. The number of aliphatic hydroxyl groups is 1. The minimum atomic E-state index is -0.103. The van der Waals surface area contributed by atoms with Crippen molar-refractivity contribution in [2.45, 2.75) is 36.6 Å². The predicted molar refractivity (Wildman–Crippen MR) is 93.1 cm³/mol. The van der Waals surface area contributed by atoms with Gasteiger partial charge in [-0.2, -0.15) is 0 Å². The zero-order valence-corrected chi connectivity index (χ0v) is 15.4. The van der Waals surface area contributed by atoms with E-state index in [4.69, 9.17) is 0 Å². The molecule has 0 unspecified atom stereocenters. The average Bonchev–Trinajstić information content (AvgIpc) is 3.18. The summed E-state index contributed by atoms with van der Waals surface area (Å²) in [7, 11) is 1.88. The molecule has 0 spiro atoms. The topological polar surface area (TPSA) is 84.1 Å². The number of thioether (sulfide) groups is 1. The lowest BCUT2D eigenvalue weighted by Gasteiger charge is -2.31. The fourth-order valence-corrected chi connectivity index (χ4v) is 4.62. The molecule has 1 saturated heterocycles. The number of piperidine rings is 1. The monoisotopic (exact) mass is 367 g/mol. The first-order valence-electron chi connectivity index (χ1n) is 7.90. The molecule has 0 saturated carbocycles. The maximum atomic E-state index is 12.4. The van der Waals surface area contributed by atoms with Crippen molar-refractivity contribution < 1.29 is 9.90 Å². The SMILES string of the molecule is Cc1csc(SCC(=O)N2CCC(c3nnc(CO)n3C)CC2)n1. The summed E-state index contributed by atoms with van der Waals surface area (Å²) in [5.41, 5.74) is 1.00. The summed E-state index contributed by atoms with van der Waals surface area (Å²) in [5, 5.41) is 19.4. The van der Waals surface area contributed by atoms with Crippen LogP contribution in [-0.2, 0) is 18.4 Å². The number of carbonyl (C=O) groups is 1. The highest BCUT2D eigenvalue weighted by molar-refractivity contribution is 8.01. The number of hydrogen-bond donors (Lipinski definition) is 1. The highest BCUT2D eigenvalue weighted by Crippen LogP contribution is 2.28. The molecule has 0 radical (unpaired) electrons. The second-order valence-corrected chi connectivity index (χ2v) is 7.97. The van der Waals surface area contributed by atoms with Gasteiger partial charge >= 0.3 is 0 Å². The molecular formula is C15H21N5O2S2. The van der Waals surface area contributed by atoms with Crippen molar-refractivity contribution in [1.29, 1.82) is 0 Å². The first kappa shape index (κ1) is 17.4. The van der Waals surface area contributed by atoms with Crippen molar-refractivity contribution >= 4 is 29.0 Å². The molecule has 24 heavy (non-hydrogen) atoms. The molecule has 2 aromatic rings. The number of aliphatic hydroxyl groups excluding tert-OH is 1. The number of hydrogen-bond acceptors (Lipinski definition) is 7. The van der Waals surface area contributed by atoms with Crippen LogP contribution >= 0.6 is 23.1 Å². The Morgan fingerprint density at radius 3 is 2.75 bits per heavy atom. The molecule has 3 heterocycles. The summed E-state index contributed by atoms with van der Waals surface area (Å²) in [6.45, 7) is 3.33. The van der Waals surface area contributed by atoms with E-state index in [0.717, 1.165) is 41.8 Å². The Morgan fingerprint density at radius 2 is 2.17 bits per heavy atom. The summed E-state index contributed by atoms with van der Waals surface area (Å²) in [6.07, 6.45) is 1.76. The van der Waals surface area contributed by atoms with Crippen LogP contribution in [0.5, 0.6) is 0 Å². The molecule has 1 aliphatic rings. The molecule has 0 bridgehead atoms. The molecule has 2 aromatic heterocycles. The highest BCUT2D eigenvalue weighted by Gasteiger charge is 2.27. The van der Waals surface area contributed by atoms with Gasteiger partial charge in [0.05, 0.1) is 5.75 Å². The molecule has 1 amide bonds. The van der Waals surface area contributed by atoms with Crippen molar-refractivity contribution in [1.82, 2.24) is 24.6 Å². The lowest BCUT2D eigenvalue weighted by Crippen LogP contribution is -2.39. The number of aryl methyl sites for hydroxylation is 1. The van der Waals surface area contributed by atoms with Crippen LogP contribution in [0.1, 0.15) is 36.1 Å². The van der Waals surface area contributed by atoms with Crippen LogP contribution in [0.4, 0.5) is 0 Å². The Kier molecular flexibility index (Phi) is 5.52. The van der Waals surface area contributed by atoms with Crippen LogP contribution < -0.4 is 0 Å². The van der Waals surface area contributed by atoms with Crippen molar-refractivity contribution in [3.63, 3.8) is 0 Å². The average molecular weight is 368 g/mol. The fourth-order valence-electron chi connectivity index (χ4n) is 2.87. The van der Waals surface area contributed by atoms with E-state index in [1.54, 1.807) is 11.3 Å². The molecule has 3 rings (SSSR count). The molecule has 0 aliphatic carbocycles. The van der Waals surface area contributed by atoms with E-state index in [1.165, 1.54) is 11.8 Å². The maximum Gasteiger partial charge on any atom is 0.233 e. The summed E-state index contributed by atoms with van der Waals surface area (Å²) in [6, 6.07) is 0. The third-order valence-electron chi connectivity index (χ3n) is 4.27. The summed E-state index contributed by atoms with van der Waals surface area (Å²) in [4.78, 5) is 18.7. The van der Waals surface area contributed by atoms with E-state index >= 15 is 0 Å². The largest absolute Gasteiger partial charge is 0.388 e. The zero-order chi connectivity index (χ0) is 17.1. The molecule has 0 aromatic carbocycles. The molecule has 1 N–H and O–H groups in total. The van der Waals surface area contributed by atoms with Crippen LogP contribution in [-0.4, -0.2) is 54.5 Å². The van der Waals surface area contributed by atoms with Gasteiger partial charge in [0.1, 0.15) is 12.4 Å². The van der Waals surface area contributed by atoms with Crippen molar-refractivity contribution in [2.75, 3.05) is 18.8 Å². The van der Waals surface area contributed by atoms with Gasteiger partial charge in [-0.15, -0.1) is 21.5 Å². The number of nitrogens with zero attached hydrogens (tertiary/aromatic N) is 5. The van der Waals surface area contributed by atoms with Crippen molar-refractivity contribution in [3.8, 4) is 0 Å². The number of likely N-dealkylation sites (tertiary alicyclic amines) is 1. The first-order valence-corrected chi connectivity index (χ1v) is 9.76. The smallest absolute Gasteiger partial charge is 0.233 e. The van der Waals surface area contributed by atoms with Gasteiger partial charge in [0.2, 0.25) is 5.91 Å². The second-order valence-electron chi connectivity index (χ2n) is 5.89. The van der Waals surface area contributed by atoms with Gasteiger partial charge in [0.25, 0.3) is 0 Å². The summed E-state index contributed by atoms with van der Waals surface area (Å²) >= 11 is 3.10. The molecular weight excluding hydrogens is 346 g/mol. The number of thiazole rings is 1. The van der Waals surface area contributed by atoms with Crippen molar-refractivity contribution in [2.24, 2.45) is 7.05 Å². The van der Waals surface area contributed by atoms with E-state index in [1.807, 2.05) is 28.8 Å². The van der Waals surface area contributed by atoms with Crippen molar-refractivity contribution in [3.05, 3.63) is 22.7 Å². The Morgan fingerprint density at radius 1 is 1.42 bits per heavy atom. The quantitative estimate of drug-likeness (QED) is 0.808. The minimum absolute atomic E-state index is 0.103. The van der Waals surface area contributed by atoms with Crippen LogP contribution in [0.15, 0.2) is 9.72 Å². The normalized spacial score (nSPS) is 15.9. The third-order valence-corrected chi connectivity index (χ3v) is 6.39. The standard InChI is InChI=1S/C15H21N5O2S2/c1-10-8-23-15(16-10)24-9-13(22)20-5-3-11(4-6-20)14-18-17-12(7-21)19(14)2/h8,11,21H,3-7,9H2,1-2H3. The van der Waals surface area contributed by atoms with Gasteiger partial charge in [-0.3, -0.25) is 4.79 Å². The van der Waals surface area contributed by atoms with Crippen LogP contribution in [0.3, 0.4) is 0 Å². The Labute approximate surface area is 149 Å². The van der Waals surface area contributed by atoms with Crippen LogP contribution in [0.2, 0.25) is 0 Å². The third kappa shape index (κ3) is 3.79. The molecule has 0 atom stereocenters. The van der Waals surface area contributed by atoms with E-state index < -0.39 is 0 Å². The Hall–Kier alpha value is -1.45. The fraction of sp³-hybridized carbons (Fsp3) is 0.600. The van der Waals surface area contributed by atoms with E-state index in [9.17, 15) is 9.90 Å². The number of carbonyl (C=O) groups excluding carboxylic acids is 1. The van der Waals surface area contributed by atoms with E-state index in [-0.39, 0.29) is 12.5 Å². The first-order chi connectivity index (χ1) is 11.6. The van der Waals surface area contributed by atoms with Gasteiger partial charge in [0, 0.05) is 37.1 Å². The van der Waals surface area contributed by atoms with Gasteiger partial charge in [0.15, 0.2) is 10.2 Å². The number of aromatic nitrogens is 4. The van der Waals surface area contributed by atoms with Gasteiger partial charge in [-0.1, -0.05) is 11.8 Å².